The number of nitrogens with zero attached hydrogens (tertiary/aromatic N) is 4. The molecule has 1 aromatic carbocycles. The molecule has 1 aliphatic heterocycles. The molecule has 0 unspecified atom stereocenters. The van der Waals surface area contributed by atoms with Gasteiger partial charge in [0.15, 0.2) is 11.0 Å². The van der Waals surface area contributed by atoms with Crippen molar-refractivity contribution in [1.82, 2.24) is 19.7 Å². The second kappa shape index (κ2) is 9.28. The van der Waals surface area contributed by atoms with Crippen molar-refractivity contribution in [1.29, 1.82) is 0 Å². The number of thioether (sulfide) groups is 1. The average Bonchev–Trinajstić information content (AvgIpc) is 3.09. The lowest BCUT2D eigenvalue weighted by atomic mass is 9.98. The molecule has 1 aromatic heterocycles. The number of ether oxygens (including phenoxy) is 1. The smallest absolute Gasteiger partial charge is 0.233 e. The Balaban J connectivity index is 1.75. The van der Waals surface area contributed by atoms with Crippen molar-refractivity contribution in [3.8, 4) is 17.1 Å². The van der Waals surface area contributed by atoms with Gasteiger partial charge in [0.05, 0.1) is 12.9 Å². The number of hydrogen-bond acceptors (Lipinski definition) is 5. The summed E-state index contributed by atoms with van der Waals surface area (Å²) in [5.41, 5.74) is 0.951. The van der Waals surface area contributed by atoms with Crippen molar-refractivity contribution in [3.05, 3.63) is 36.9 Å². The van der Waals surface area contributed by atoms with Crippen LogP contribution in [0, 0.1) is 0 Å². The molecule has 0 radical (unpaired) electrons. The molecular weight excluding hydrogens is 372 g/mol. The molecule has 2 heterocycles. The van der Waals surface area contributed by atoms with E-state index >= 15 is 0 Å². The van der Waals surface area contributed by atoms with E-state index in [1.807, 2.05) is 39.8 Å². The topological polar surface area (TPSA) is 60.2 Å². The lowest BCUT2D eigenvalue weighted by Crippen LogP contribution is -2.48. The van der Waals surface area contributed by atoms with E-state index in [2.05, 4.69) is 30.6 Å². The standard InChI is InChI=1S/C21H28N4O2S/c1-5-13-24-20(17-9-11-18(27-4)12-10-17)22-23-21(24)28-14-19(26)25-15(2)7-6-8-16(25)3/h5,9-12,15-16H,1,6-8,13-14H2,2-4H3/t15-,16-/m0/s1. The van der Waals surface area contributed by atoms with Crippen LogP contribution >= 0.6 is 11.8 Å². The molecule has 6 nitrogen and oxygen atoms in total. The molecule has 0 bridgehead atoms. The van der Waals surface area contributed by atoms with Crippen LogP contribution in [0.5, 0.6) is 5.75 Å². The number of carbonyl (C=O) groups is 1. The molecule has 0 spiro atoms. The third-order valence-electron chi connectivity index (χ3n) is 5.18. The van der Waals surface area contributed by atoms with E-state index in [0.29, 0.717) is 24.4 Å². The Kier molecular flexibility index (Phi) is 6.78. The largest absolute Gasteiger partial charge is 0.497 e. The zero-order valence-corrected chi connectivity index (χ0v) is 17.6. The van der Waals surface area contributed by atoms with E-state index in [-0.39, 0.29) is 5.91 Å². The van der Waals surface area contributed by atoms with E-state index < -0.39 is 0 Å². The van der Waals surface area contributed by atoms with E-state index in [1.165, 1.54) is 18.2 Å². The number of hydrogen-bond donors (Lipinski definition) is 0. The molecule has 1 amide bonds. The SMILES string of the molecule is C=CCn1c(SCC(=O)N2[C@@H](C)CCC[C@@H]2C)nnc1-c1ccc(OC)cc1. The monoisotopic (exact) mass is 400 g/mol. The number of piperidine rings is 1. The van der Waals surface area contributed by atoms with Crippen molar-refractivity contribution in [3.63, 3.8) is 0 Å². The van der Waals surface area contributed by atoms with Crippen LogP contribution in [0.4, 0.5) is 0 Å². The molecule has 150 valence electrons. The summed E-state index contributed by atoms with van der Waals surface area (Å²) in [4.78, 5) is 14.9. The molecule has 7 heteroatoms. The number of allylic oxidation sites excluding steroid dienone is 1. The minimum Gasteiger partial charge on any atom is -0.497 e. The fourth-order valence-corrected chi connectivity index (χ4v) is 4.57. The molecular formula is C21H28N4O2S. The maximum absolute atomic E-state index is 12.8. The van der Waals surface area contributed by atoms with Gasteiger partial charge in [-0.25, -0.2) is 0 Å². The number of benzene rings is 1. The molecule has 1 aliphatic rings. The maximum Gasteiger partial charge on any atom is 0.233 e. The lowest BCUT2D eigenvalue weighted by molar-refractivity contribution is -0.134. The fraction of sp³-hybridized carbons (Fsp3) is 0.476. The molecule has 0 N–H and O–H groups in total. The maximum atomic E-state index is 12.8. The van der Waals surface area contributed by atoms with Crippen LogP contribution in [0.25, 0.3) is 11.4 Å². The van der Waals surface area contributed by atoms with Gasteiger partial charge in [0, 0.05) is 24.2 Å². The minimum absolute atomic E-state index is 0.170. The lowest BCUT2D eigenvalue weighted by Gasteiger charge is -2.39. The normalized spacial score (nSPS) is 19.5. The number of carbonyl (C=O) groups excluding carboxylic acids is 1. The fourth-order valence-electron chi connectivity index (χ4n) is 3.76. The van der Waals surface area contributed by atoms with Gasteiger partial charge in [0.25, 0.3) is 0 Å². The number of methoxy groups -OCH3 is 1. The highest BCUT2D eigenvalue weighted by Crippen LogP contribution is 2.28. The van der Waals surface area contributed by atoms with Gasteiger partial charge in [-0.2, -0.15) is 0 Å². The average molecular weight is 401 g/mol. The number of aromatic nitrogens is 3. The Labute approximate surface area is 171 Å². The van der Waals surface area contributed by atoms with Crippen LogP contribution in [-0.4, -0.2) is 50.5 Å². The van der Waals surface area contributed by atoms with Gasteiger partial charge in [0.2, 0.25) is 5.91 Å². The van der Waals surface area contributed by atoms with Gasteiger partial charge >= 0.3 is 0 Å². The highest BCUT2D eigenvalue weighted by Gasteiger charge is 2.29. The van der Waals surface area contributed by atoms with Crippen molar-refractivity contribution in [2.24, 2.45) is 0 Å². The number of amides is 1. The van der Waals surface area contributed by atoms with E-state index in [4.69, 9.17) is 4.74 Å². The summed E-state index contributed by atoms with van der Waals surface area (Å²) in [7, 11) is 1.64. The third kappa shape index (κ3) is 4.41. The van der Waals surface area contributed by atoms with Gasteiger partial charge < -0.3 is 9.64 Å². The van der Waals surface area contributed by atoms with Crippen molar-refractivity contribution < 1.29 is 9.53 Å². The van der Waals surface area contributed by atoms with Crippen molar-refractivity contribution >= 4 is 17.7 Å². The molecule has 1 fully saturated rings. The van der Waals surface area contributed by atoms with Crippen LogP contribution in [-0.2, 0) is 11.3 Å². The summed E-state index contributed by atoms with van der Waals surface area (Å²) >= 11 is 1.44. The first kappa shape index (κ1) is 20.5. The van der Waals surface area contributed by atoms with E-state index in [9.17, 15) is 4.79 Å². The van der Waals surface area contributed by atoms with E-state index in [1.54, 1.807) is 7.11 Å². The predicted octanol–water partition coefficient (Wildman–Crippen LogP) is 4.02. The van der Waals surface area contributed by atoms with Gasteiger partial charge in [-0.3, -0.25) is 9.36 Å². The summed E-state index contributed by atoms with van der Waals surface area (Å²) in [6.45, 7) is 8.71. The van der Waals surface area contributed by atoms with Gasteiger partial charge in [-0.05, 0) is 57.4 Å². The highest BCUT2D eigenvalue weighted by atomic mass is 32.2. The quantitative estimate of drug-likeness (QED) is 0.519. The zero-order chi connectivity index (χ0) is 20.1. The molecule has 28 heavy (non-hydrogen) atoms. The van der Waals surface area contributed by atoms with Crippen LogP contribution in [0.2, 0.25) is 0 Å². The third-order valence-corrected chi connectivity index (χ3v) is 6.13. The van der Waals surface area contributed by atoms with Crippen molar-refractivity contribution in [2.75, 3.05) is 12.9 Å². The number of likely N-dealkylation sites (tertiary alicyclic amines) is 1. The van der Waals surface area contributed by atoms with Gasteiger partial charge in [0.1, 0.15) is 5.75 Å². The number of rotatable bonds is 7. The Hall–Kier alpha value is -2.28. The first-order valence-corrected chi connectivity index (χ1v) is 10.7. The first-order valence-electron chi connectivity index (χ1n) is 9.67. The molecule has 2 atom stereocenters. The second-order valence-corrected chi connectivity index (χ2v) is 8.10. The Bertz CT molecular complexity index is 808. The van der Waals surface area contributed by atoms with Crippen molar-refractivity contribution in [2.45, 2.75) is 56.9 Å². The molecule has 3 rings (SSSR count). The molecule has 0 saturated carbocycles. The van der Waals surface area contributed by atoms with Crippen LogP contribution < -0.4 is 4.74 Å². The summed E-state index contributed by atoms with van der Waals surface area (Å²) < 4.78 is 7.22. The minimum atomic E-state index is 0.170. The van der Waals surface area contributed by atoms with E-state index in [0.717, 1.165) is 35.1 Å². The Morgan fingerprint density at radius 1 is 1.25 bits per heavy atom. The zero-order valence-electron chi connectivity index (χ0n) is 16.8. The summed E-state index contributed by atoms with van der Waals surface area (Å²) in [6, 6.07) is 8.32. The first-order chi connectivity index (χ1) is 13.5. The Morgan fingerprint density at radius 3 is 2.54 bits per heavy atom. The Morgan fingerprint density at radius 2 is 1.93 bits per heavy atom. The highest BCUT2D eigenvalue weighted by molar-refractivity contribution is 7.99. The van der Waals surface area contributed by atoms with Gasteiger partial charge in [-0.15, -0.1) is 16.8 Å². The molecule has 2 aromatic rings. The van der Waals surface area contributed by atoms with Crippen LogP contribution in [0.1, 0.15) is 33.1 Å². The van der Waals surface area contributed by atoms with Gasteiger partial charge in [-0.1, -0.05) is 17.8 Å². The van der Waals surface area contributed by atoms with Crippen LogP contribution in [0.15, 0.2) is 42.1 Å². The van der Waals surface area contributed by atoms with Crippen LogP contribution in [0.3, 0.4) is 0 Å². The molecule has 1 saturated heterocycles. The summed E-state index contributed by atoms with van der Waals surface area (Å²) in [5, 5.41) is 9.43. The molecule has 0 aliphatic carbocycles. The second-order valence-electron chi connectivity index (χ2n) is 7.15. The predicted molar refractivity (Wildman–Crippen MR) is 113 cm³/mol. The summed E-state index contributed by atoms with van der Waals surface area (Å²) in [6.07, 6.45) is 5.17. The summed E-state index contributed by atoms with van der Waals surface area (Å²) in [5.74, 6) is 2.09.